The topological polar surface area (TPSA) is 102 Å². The third-order valence-corrected chi connectivity index (χ3v) is 4.74. The summed E-state index contributed by atoms with van der Waals surface area (Å²) in [7, 11) is -3.83. The number of carbonyl (C=O) groups excluding carboxylic acids is 2. The van der Waals surface area contributed by atoms with Gasteiger partial charge >= 0.3 is 5.97 Å². The molecule has 0 aliphatic heterocycles. The van der Waals surface area contributed by atoms with Crippen LogP contribution in [0.1, 0.15) is 11.1 Å². The van der Waals surface area contributed by atoms with Gasteiger partial charge in [0.05, 0.1) is 0 Å². The molecule has 0 saturated carbocycles. The van der Waals surface area contributed by atoms with Crippen molar-refractivity contribution in [2.24, 2.45) is 0 Å². The molecule has 1 amide bonds. The molecule has 154 valence electrons. The summed E-state index contributed by atoms with van der Waals surface area (Å²) in [6, 6.07) is 15.0. The van der Waals surface area contributed by atoms with E-state index in [0.717, 1.165) is 5.41 Å². The highest BCUT2D eigenvalue weighted by atomic mass is 32.2. The number of amides is 1. The van der Waals surface area contributed by atoms with Gasteiger partial charge in [0.25, 0.3) is 5.91 Å². The van der Waals surface area contributed by atoms with E-state index in [4.69, 9.17) is 4.74 Å². The predicted octanol–water partition coefficient (Wildman–Crippen LogP) is 1.62. The minimum Gasteiger partial charge on any atom is -0.455 e. The fraction of sp³-hybridized carbons (Fsp3) is 0.200. The summed E-state index contributed by atoms with van der Waals surface area (Å²) in [6.07, 6.45) is 1.68. The zero-order valence-corrected chi connectivity index (χ0v) is 16.3. The van der Waals surface area contributed by atoms with Gasteiger partial charge in [-0.05, 0) is 29.7 Å². The molecule has 29 heavy (non-hydrogen) atoms. The lowest BCUT2D eigenvalue weighted by atomic mass is 10.1. The Hall–Kier alpha value is -3.04. The van der Waals surface area contributed by atoms with Crippen LogP contribution < -0.4 is 10.0 Å². The summed E-state index contributed by atoms with van der Waals surface area (Å²) in [6.45, 7) is -0.990. The summed E-state index contributed by atoms with van der Waals surface area (Å²) in [4.78, 5) is 23.3. The second-order valence-corrected chi connectivity index (χ2v) is 7.58. The molecular formula is C20H21FN2O5S. The lowest BCUT2D eigenvalue weighted by Gasteiger charge is -2.07. The van der Waals surface area contributed by atoms with Gasteiger partial charge in [-0.1, -0.05) is 48.5 Å². The second-order valence-electron chi connectivity index (χ2n) is 5.93. The van der Waals surface area contributed by atoms with Gasteiger partial charge in [-0.15, -0.1) is 0 Å². The van der Waals surface area contributed by atoms with Crippen molar-refractivity contribution in [3.8, 4) is 0 Å². The first-order valence-corrected chi connectivity index (χ1v) is 10.3. The first-order valence-electron chi connectivity index (χ1n) is 8.74. The van der Waals surface area contributed by atoms with E-state index in [-0.39, 0.29) is 12.4 Å². The molecule has 2 N–H and O–H groups in total. The molecule has 2 aromatic rings. The standard InChI is InChI=1S/C20H21FN2O5S/c21-18-9-5-4-8-17(18)10-12-22-19(24)15-28-20(25)14-23-29(26,27)13-11-16-6-2-1-3-7-16/h1-9,11,13,23H,10,12,14-15H2,(H,22,24)/b13-11+. The first-order chi connectivity index (χ1) is 13.9. The molecule has 0 aromatic heterocycles. The predicted molar refractivity (Wildman–Crippen MR) is 106 cm³/mol. The average Bonchev–Trinajstić information content (AvgIpc) is 2.71. The summed E-state index contributed by atoms with van der Waals surface area (Å²) in [5.41, 5.74) is 1.15. The normalized spacial score (nSPS) is 11.3. The fourth-order valence-corrected chi connectivity index (χ4v) is 2.98. The summed E-state index contributed by atoms with van der Waals surface area (Å²) < 4.78 is 43.9. The summed E-state index contributed by atoms with van der Waals surface area (Å²) in [5.74, 6) is -1.82. The van der Waals surface area contributed by atoms with E-state index in [1.54, 1.807) is 48.5 Å². The van der Waals surface area contributed by atoms with Crippen molar-refractivity contribution in [2.45, 2.75) is 6.42 Å². The van der Waals surface area contributed by atoms with Gasteiger partial charge in [0.2, 0.25) is 10.0 Å². The van der Waals surface area contributed by atoms with Crippen LogP contribution in [0.3, 0.4) is 0 Å². The molecule has 2 aromatic carbocycles. The second kappa shape index (κ2) is 11.1. The number of rotatable bonds is 10. The van der Waals surface area contributed by atoms with Crippen LogP contribution >= 0.6 is 0 Å². The number of sulfonamides is 1. The van der Waals surface area contributed by atoms with Gasteiger partial charge in [-0.25, -0.2) is 17.5 Å². The van der Waals surface area contributed by atoms with Crippen LogP contribution in [0.15, 0.2) is 60.0 Å². The highest BCUT2D eigenvalue weighted by Crippen LogP contribution is 2.06. The number of halogens is 1. The van der Waals surface area contributed by atoms with Crippen molar-refractivity contribution in [3.05, 3.63) is 76.9 Å². The maximum absolute atomic E-state index is 13.5. The lowest BCUT2D eigenvalue weighted by molar-refractivity contribution is -0.147. The minimum absolute atomic E-state index is 0.175. The molecule has 0 atom stereocenters. The summed E-state index contributed by atoms with van der Waals surface area (Å²) in [5, 5.41) is 3.43. The maximum atomic E-state index is 13.5. The molecular weight excluding hydrogens is 399 g/mol. The van der Waals surface area contributed by atoms with Crippen molar-refractivity contribution in [3.63, 3.8) is 0 Å². The maximum Gasteiger partial charge on any atom is 0.321 e. The van der Waals surface area contributed by atoms with Gasteiger partial charge in [-0.3, -0.25) is 9.59 Å². The van der Waals surface area contributed by atoms with Crippen molar-refractivity contribution in [2.75, 3.05) is 19.7 Å². The Labute approximate surface area is 168 Å². The van der Waals surface area contributed by atoms with E-state index in [9.17, 15) is 22.4 Å². The smallest absolute Gasteiger partial charge is 0.321 e. The SMILES string of the molecule is O=C(COC(=O)CNS(=O)(=O)/C=C/c1ccccc1)NCCc1ccccc1F. The number of esters is 1. The van der Waals surface area contributed by atoms with Crippen LogP contribution in [0.4, 0.5) is 4.39 Å². The van der Waals surface area contributed by atoms with Crippen LogP contribution in [0, 0.1) is 5.82 Å². The van der Waals surface area contributed by atoms with Crippen molar-refractivity contribution >= 4 is 28.0 Å². The third-order valence-electron chi connectivity index (χ3n) is 3.70. The van der Waals surface area contributed by atoms with Crippen LogP contribution in [0.5, 0.6) is 0 Å². The quantitative estimate of drug-likeness (QED) is 0.569. The highest BCUT2D eigenvalue weighted by Gasteiger charge is 2.12. The Bertz CT molecular complexity index is 962. The van der Waals surface area contributed by atoms with Crippen molar-refractivity contribution in [1.82, 2.24) is 10.0 Å². The van der Waals surface area contributed by atoms with Gasteiger partial charge in [0.1, 0.15) is 12.4 Å². The van der Waals surface area contributed by atoms with Crippen molar-refractivity contribution < 1.29 is 27.1 Å². The largest absolute Gasteiger partial charge is 0.455 e. The first kappa shape index (κ1) is 22.3. The molecule has 0 radical (unpaired) electrons. The van der Waals surface area contributed by atoms with Gasteiger partial charge in [0, 0.05) is 12.0 Å². The molecule has 0 aliphatic rings. The van der Waals surface area contributed by atoms with E-state index < -0.39 is 35.1 Å². The Morgan fingerprint density at radius 2 is 1.72 bits per heavy atom. The average molecular weight is 420 g/mol. The van der Waals surface area contributed by atoms with E-state index in [1.165, 1.54) is 12.1 Å². The van der Waals surface area contributed by atoms with Gasteiger partial charge < -0.3 is 10.1 Å². The summed E-state index contributed by atoms with van der Waals surface area (Å²) >= 11 is 0. The monoisotopic (exact) mass is 420 g/mol. The van der Waals surface area contributed by atoms with Gasteiger partial charge in [-0.2, -0.15) is 0 Å². The molecule has 0 aliphatic carbocycles. The molecule has 0 saturated heterocycles. The number of hydrogen-bond donors (Lipinski definition) is 2. The van der Waals surface area contributed by atoms with E-state index in [1.807, 2.05) is 0 Å². The zero-order valence-electron chi connectivity index (χ0n) is 15.5. The number of nitrogens with one attached hydrogen (secondary N) is 2. The Balaban J connectivity index is 1.66. The Kier molecular flexibility index (Phi) is 8.50. The molecule has 0 bridgehead atoms. The number of benzene rings is 2. The van der Waals surface area contributed by atoms with E-state index in [2.05, 4.69) is 10.0 Å². The third kappa shape index (κ3) is 8.67. The van der Waals surface area contributed by atoms with E-state index >= 15 is 0 Å². The molecule has 9 heteroatoms. The van der Waals surface area contributed by atoms with Crippen molar-refractivity contribution in [1.29, 1.82) is 0 Å². The Morgan fingerprint density at radius 3 is 2.45 bits per heavy atom. The van der Waals surface area contributed by atoms with Crippen LogP contribution in [0.2, 0.25) is 0 Å². The van der Waals surface area contributed by atoms with Crippen LogP contribution in [-0.4, -0.2) is 40.0 Å². The number of ether oxygens (including phenoxy) is 1. The molecule has 0 unspecified atom stereocenters. The fourth-order valence-electron chi connectivity index (χ4n) is 2.23. The number of carbonyl (C=O) groups is 2. The molecule has 0 heterocycles. The van der Waals surface area contributed by atoms with E-state index in [0.29, 0.717) is 17.5 Å². The highest BCUT2D eigenvalue weighted by molar-refractivity contribution is 7.92. The molecule has 2 rings (SSSR count). The molecule has 0 fully saturated rings. The van der Waals surface area contributed by atoms with Crippen LogP contribution in [-0.2, 0) is 30.8 Å². The zero-order chi connectivity index (χ0) is 21.1. The minimum atomic E-state index is -3.83. The van der Waals surface area contributed by atoms with Gasteiger partial charge in [0.15, 0.2) is 6.61 Å². The lowest BCUT2D eigenvalue weighted by Crippen LogP contribution is -2.34. The molecule has 0 spiro atoms. The van der Waals surface area contributed by atoms with Crippen LogP contribution in [0.25, 0.3) is 6.08 Å². The molecule has 7 nitrogen and oxygen atoms in total. The number of hydrogen-bond acceptors (Lipinski definition) is 5. The Morgan fingerprint density at radius 1 is 1.03 bits per heavy atom.